The van der Waals surface area contributed by atoms with E-state index in [1.807, 2.05) is 31.2 Å². The SMILES string of the molecule is CCCCN(C(=O)COC(=O)c1c2c(nc3ccccc13)CCCCC2)C1CCS(=O)(=O)C1. The maximum absolute atomic E-state index is 13.3. The van der Waals surface area contributed by atoms with Crippen molar-refractivity contribution in [1.29, 1.82) is 0 Å². The van der Waals surface area contributed by atoms with Crippen molar-refractivity contribution in [3.05, 3.63) is 41.1 Å². The van der Waals surface area contributed by atoms with Gasteiger partial charge in [-0.1, -0.05) is 38.0 Å². The van der Waals surface area contributed by atoms with Crippen molar-refractivity contribution in [3.63, 3.8) is 0 Å². The number of carbonyl (C=O) groups excluding carboxylic acids is 2. The van der Waals surface area contributed by atoms with E-state index in [-0.39, 0.29) is 30.1 Å². The lowest BCUT2D eigenvalue weighted by molar-refractivity contribution is -0.136. The molecule has 33 heavy (non-hydrogen) atoms. The average Bonchev–Trinajstić information content (AvgIpc) is 3.00. The van der Waals surface area contributed by atoms with Gasteiger partial charge < -0.3 is 9.64 Å². The number of unbranched alkanes of at least 4 members (excludes halogenated alkanes) is 1. The van der Waals surface area contributed by atoms with Crippen molar-refractivity contribution in [2.24, 2.45) is 0 Å². The number of hydrogen-bond donors (Lipinski definition) is 0. The molecule has 1 fully saturated rings. The summed E-state index contributed by atoms with van der Waals surface area (Å²) in [5.41, 5.74) is 3.17. The van der Waals surface area contributed by atoms with Crippen LogP contribution in [0.5, 0.6) is 0 Å². The van der Waals surface area contributed by atoms with Crippen molar-refractivity contribution in [3.8, 4) is 0 Å². The van der Waals surface area contributed by atoms with E-state index in [1.165, 1.54) is 0 Å². The number of pyridine rings is 1. The van der Waals surface area contributed by atoms with E-state index >= 15 is 0 Å². The molecule has 1 aliphatic carbocycles. The van der Waals surface area contributed by atoms with Crippen LogP contribution in [0.1, 0.15) is 67.1 Å². The molecule has 0 saturated carbocycles. The molecule has 1 amide bonds. The predicted molar refractivity (Wildman–Crippen MR) is 127 cm³/mol. The highest BCUT2D eigenvalue weighted by Crippen LogP contribution is 2.29. The molecule has 2 aliphatic rings. The van der Waals surface area contributed by atoms with E-state index in [1.54, 1.807) is 4.90 Å². The Bertz CT molecular complexity index is 1140. The smallest absolute Gasteiger partial charge is 0.339 e. The summed E-state index contributed by atoms with van der Waals surface area (Å²) >= 11 is 0. The topological polar surface area (TPSA) is 93.6 Å². The number of esters is 1. The lowest BCUT2D eigenvalue weighted by atomic mass is 9.97. The maximum Gasteiger partial charge on any atom is 0.339 e. The van der Waals surface area contributed by atoms with Crippen LogP contribution in [0, 0.1) is 0 Å². The Morgan fingerprint density at radius 3 is 2.70 bits per heavy atom. The van der Waals surface area contributed by atoms with Crippen LogP contribution in [0.15, 0.2) is 24.3 Å². The lowest BCUT2D eigenvalue weighted by Crippen LogP contribution is -2.44. The molecule has 1 atom stereocenters. The molecule has 0 bridgehead atoms. The monoisotopic (exact) mass is 472 g/mol. The number of nitrogens with zero attached hydrogens (tertiary/aromatic N) is 2. The predicted octanol–water partition coefficient (Wildman–Crippen LogP) is 3.48. The molecule has 0 spiro atoms. The molecule has 0 radical (unpaired) electrons. The van der Waals surface area contributed by atoms with Crippen molar-refractivity contribution < 1.29 is 22.7 Å². The summed E-state index contributed by atoms with van der Waals surface area (Å²) in [6, 6.07) is 7.21. The van der Waals surface area contributed by atoms with Crippen LogP contribution < -0.4 is 0 Å². The van der Waals surface area contributed by atoms with E-state index < -0.39 is 15.8 Å². The lowest BCUT2D eigenvalue weighted by Gasteiger charge is -2.28. The second-order valence-corrected chi connectivity index (χ2v) is 11.3. The Balaban J connectivity index is 1.55. The van der Waals surface area contributed by atoms with Gasteiger partial charge in [0, 0.05) is 23.7 Å². The van der Waals surface area contributed by atoms with Gasteiger partial charge in [-0.2, -0.15) is 0 Å². The number of aromatic nitrogens is 1. The summed E-state index contributed by atoms with van der Waals surface area (Å²) in [7, 11) is -3.12. The number of benzene rings is 1. The number of para-hydroxylation sites is 1. The zero-order chi connectivity index (χ0) is 23.4. The Morgan fingerprint density at radius 1 is 1.15 bits per heavy atom. The first-order valence-corrected chi connectivity index (χ1v) is 13.8. The maximum atomic E-state index is 13.3. The fourth-order valence-electron chi connectivity index (χ4n) is 4.93. The first-order chi connectivity index (χ1) is 15.9. The zero-order valence-corrected chi connectivity index (χ0v) is 20.0. The highest BCUT2D eigenvalue weighted by molar-refractivity contribution is 7.91. The van der Waals surface area contributed by atoms with Crippen LogP contribution in [0.3, 0.4) is 0 Å². The molecule has 1 unspecified atom stereocenters. The third-order valence-electron chi connectivity index (χ3n) is 6.67. The summed E-state index contributed by atoms with van der Waals surface area (Å²) in [6.45, 7) is 2.11. The average molecular weight is 473 g/mol. The Labute approximate surface area is 195 Å². The molecule has 1 aromatic carbocycles. The van der Waals surface area contributed by atoms with E-state index in [0.717, 1.165) is 67.1 Å². The molecule has 8 heteroatoms. The molecule has 1 aliphatic heterocycles. The van der Waals surface area contributed by atoms with Gasteiger partial charge in [0.2, 0.25) is 0 Å². The molecule has 7 nitrogen and oxygen atoms in total. The molecule has 1 saturated heterocycles. The summed E-state index contributed by atoms with van der Waals surface area (Å²) < 4.78 is 29.5. The van der Waals surface area contributed by atoms with Crippen molar-refractivity contribution in [1.82, 2.24) is 9.88 Å². The van der Waals surface area contributed by atoms with Crippen molar-refractivity contribution in [2.75, 3.05) is 24.7 Å². The first kappa shape index (κ1) is 23.7. The fraction of sp³-hybridized carbons (Fsp3) is 0.560. The van der Waals surface area contributed by atoms with Crippen LogP contribution in [0.2, 0.25) is 0 Å². The number of rotatable bonds is 7. The van der Waals surface area contributed by atoms with Gasteiger partial charge in [0.1, 0.15) is 0 Å². The minimum absolute atomic E-state index is 0.0150. The van der Waals surface area contributed by atoms with Gasteiger partial charge in [-0.3, -0.25) is 9.78 Å². The number of ether oxygens (including phenoxy) is 1. The second kappa shape index (κ2) is 10.2. The fourth-order valence-corrected chi connectivity index (χ4v) is 6.66. The number of fused-ring (bicyclic) bond motifs is 2. The van der Waals surface area contributed by atoms with Crippen LogP contribution >= 0.6 is 0 Å². The number of amides is 1. The highest BCUT2D eigenvalue weighted by atomic mass is 32.2. The van der Waals surface area contributed by atoms with E-state index in [9.17, 15) is 18.0 Å². The van der Waals surface area contributed by atoms with Crippen LogP contribution in [-0.4, -0.2) is 60.9 Å². The number of aryl methyl sites for hydroxylation is 1. The third kappa shape index (κ3) is 5.37. The Hall–Kier alpha value is -2.48. The van der Waals surface area contributed by atoms with Gasteiger partial charge in [-0.15, -0.1) is 0 Å². The summed E-state index contributed by atoms with van der Waals surface area (Å²) in [5, 5.41) is 0.750. The normalized spacial score (nSPS) is 19.6. The molecule has 2 heterocycles. The molecular weight excluding hydrogens is 440 g/mol. The van der Waals surface area contributed by atoms with E-state index in [0.29, 0.717) is 18.5 Å². The zero-order valence-electron chi connectivity index (χ0n) is 19.2. The van der Waals surface area contributed by atoms with Gasteiger partial charge >= 0.3 is 5.97 Å². The summed E-state index contributed by atoms with van der Waals surface area (Å²) in [6.07, 6.45) is 6.84. The number of hydrogen-bond acceptors (Lipinski definition) is 6. The summed E-state index contributed by atoms with van der Waals surface area (Å²) in [4.78, 5) is 32.7. The van der Waals surface area contributed by atoms with Gasteiger partial charge in [0.05, 0.1) is 22.6 Å². The van der Waals surface area contributed by atoms with Gasteiger partial charge in [0.15, 0.2) is 16.4 Å². The third-order valence-corrected chi connectivity index (χ3v) is 8.42. The molecular formula is C25H32N2O5S. The Morgan fingerprint density at radius 2 is 1.94 bits per heavy atom. The van der Waals surface area contributed by atoms with Gasteiger partial charge in [0.25, 0.3) is 5.91 Å². The summed E-state index contributed by atoms with van der Waals surface area (Å²) in [5.74, 6) is -0.751. The minimum Gasteiger partial charge on any atom is -0.452 e. The molecule has 1 aromatic heterocycles. The number of sulfone groups is 1. The highest BCUT2D eigenvalue weighted by Gasteiger charge is 2.35. The molecule has 178 valence electrons. The van der Waals surface area contributed by atoms with Gasteiger partial charge in [-0.25, -0.2) is 13.2 Å². The van der Waals surface area contributed by atoms with E-state index in [2.05, 4.69) is 0 Å². The van der Waals surface area contributed by atoms with Crippen molar-refractivity contribution >= 4 is 32.6 Å². The van der Waals surface area contributed by atoms with Gasteiger partial charge in [-0.05, 0) is 50.2 Å². The second-order valence-electron chi connectivity index (χ2n) is 9.06. The van der Waals surface area contributed by atoms with Crippen LogP contribution in [0.25, 0.3) is 10.9 Å². The minimum atomic E-state index is -3.12. The Kier molecular flexibility index (Phi) is 7.32. The molecule has 0 N–H and O–H groups in total. The first-order valence-electron chi connectivity index (χ1n) is 12.0. The standard InChI is InChI=1S/C25H32N2O5S/c1-2-3-14-27(18-13-15-33(30,31)17-18)23(28)16-32-25(29)24-19-9-5-4-6-11-21(19)26-22-12-8-7-10-20(22)24/h7-8,10,12,18H,2-6,9,11,13-17H2,1H3. The van der Waals surface area contributed by atoms with E-state index in [4.69, 9.17) is 9.72 Å². The molecule has 2 aromatic rings. The van der Waals surface area contributed by atoms with Crippen molar-refractivity contribution in [2.45, 2.75) is 64.3 Å². The van der Waals surface area contributed by atoms with Crippen LogP contribution in [-0.2, 0) is 32.2 Å². The quantitative estimate of drug-likeness (QED) is 0.452. The largest absolute Gasteiger partial charge is 0.452 e. The molecule has 4 rings (SSSR count). The van der Waals surface area contributed by atoms with Crippen LogP contribution in [0.4, 0.5) is 0 Å². The number of carbonyl (C=O) groups is 2.